The summed E-state index contributed by atoms with van der Waals surface area (Å²) in [6.07, 6.45) is 5.61. The van der Waals surface area contributed by atoms with Crippen LogP contribution in [0.4, 0.5) is 0 Å². The Hall–Kier alpha value is -2.86. The van der Waals surface area contributed by atoms with Crippen molar-refractivity contribution in [2.45, 2.75) is 53.4 Å². The van der Waals surface area contributed by atoms with Crippen LogP contribution in [-0.4, -0.2) is 0 Å². The van der Waals surface area contributed by atoms with E-state index in [1.165, 1.54) is 54.9 Å². The van der Waals surface area contributed by atoms with Gasteiger partial charge in [0.15, 0.2) is 0 Å². The van der Waals surface area contributed by atoms with Crippen molar-refractivity contribution in [2.75, 3.05) is 0 Å². The Kier molecular flexibility index (Phi) is 5.28. The second kappa shape index (κ2) is 7.76. The topological polar surface area (TPSA) is 0 Å². The number of hydrogen-bond donors (Lipinski definition) is 0. The molecule has 0 amide bonds. The van der Waals surface area contributed by atoms with E-state index in [9.17, 15) is 0 Å². The fourth-order valence-electron chi connectivity index (χ4n) is 5.21. The molecule has 0 fully saturated rings. The van der Waals surface area contributed by atoms with Crippen LogP contribution in [0.5, 0.6) is 0 Å². The van der Waals surface area contributed by atoms with Crippen LogP contribution in [0.25, 0.3) is 38.7 Å². The van der Waals surface area contributed by atoms with E-state index in [1.807, 2.05) is 27.7 Å². The quantitative estimate of drug-likeness (QED) is 0.280. The molecule has 0 bridgehead atoms. The molecule has 152 valence electrons. The monoisotopic (exact) mass is 392 g/mol. The molecule has 0 aromatic heterocycles. The summed E-state index contributed by atoms with van der Waals surface area (Å²) >= 11 is 0. The average molecular weight is 393 g/mol. The fraction of sp³-hybridized carbons (Fsp3) is 0.267. The zero-order valence-electron chi connectivity index (χ0n) is 19.1. The molecule has 2 aliphatic rings. The van der Waals surface area contributed by atoms with Crippen LogP contribution in [0.3, 0.4) is 0 Å². The smallest absolute Gasteiger partial charge is 0.0159 e. The van der Waals surface area contributed by atoms with E-state index >= 15 is 0 Å². The summed E-state index contributed by atoms with van der Waals surface area (Å²) in [5, 5.41) is 5.63. The normalized spacial score (nSPS) is 14.3. The molecule has 0 saturated carbocycles. The zero-order chi connectivity index (χ0) is 21.5. The molecule has 6 rings (SSSR count). The molecular formula is C30H32. The van der Waals surface area contributed by atoms with Gasteiger partial charge in [-0.25, -0.2) is 0 Å². The lowest BCUT2D eigenvalue weighted by atomic mass is 9.66. The van der Waals surface area contributed by atoms with Crippen LogP contribution >= 0.6 is 0 Å². The van der Waals surface area contributed by atoms with Gasteiger partial charge in [-0.1, -0.05) is 114 Å². The maximum atomic E-state index is 2.49. The van der Waals surface area contributed by atoms with E-state index < -0.39 is 0 Å². The van der Waals surface area contributed by atoms with Crippen LogP contribution in [0.15, 0.2) is 66.7 Å². The molecular weight excluding hydrogens is 360 g/mol. The van der Waals surface area contributed by atoms with Crippen molar-refractivity contribution in [3.05, 3.63) is 89.0 Å². The Morgan fingerprint density at radius 2 is 1.43 bits per heavy atom. The highest BCUT2D eigenvalue weighted by Gasteiger charge is 2.35. The number of rotatable bonds is 0. The van der Waals surface area contributed by atoms with Crippen molar-refractivity contribution in [3.63, 3.8) is 0 Å². The lowest BCUT2D eigenvalue weighted by Crippen LogP contribution is -2.24. The first kappa shape index (κ1) is 20.4. The van der Waals surface area contributed by atoms with Crippen LogP contribution < -0.4 is 0 Å². The third-order valence-corrected chi connectivity index (χ3v) is 6.43. The molecule has 0 N–H and O–H groups in total. The van der Waals surface area contributed by atoms with Gasteiger partial charge >= 0.3 is 0 Å². The highest BCUT2D eigenvalue weighted by molar-refractivity contribution is 6.13. The summed E-state index contributed by atoms with van der Waals surface area (Å²) in [6, 6.07) is 22.8. The summed E-state index contributed by atoms with van der Waals surface area (Å²) < 4.78 is 0. The van der Waals surface area contributed by atoms with E-state index in [4.69, 9.17) is 0 Å². The second-order valence-electron chi connectivity index (χ2n) is 8.17. The third kappa shape index (κ3) is 2.74. The molecule has 0 aliphatic heterocycles. The summed E-state index contributed by atoms with van der Waals surface area (Å²) in [6.45, 7) is 12.8. The maximum Gasteiger partial charge on any atom is 0.0159 e. The van der Waals surface area contributed by atoms with Crippen molar-refractivity contribution in [2.24, 2.45) is 0 Å². The van der Waals surface area contributed by atoms with Crippen molar-refractivity contribution >= 4 is 27.6 Å². The standard InChI is InChI=1S/C26H20.2C2H6/c1-26(2)21-14-6-10-17-9-5-13-20(24(17)21)25-19-12-4-8-16-7-3-11-18(23(16)19)15-22(25)26;2*1-2/h3-10,12-15H,11H2,1-2H3;2*1-2H3. The van der Waals surface area contributed by atoms with Gasteiger partial charge in [-0.05, 0) is 61.3 Å². The molecule has 0 nitrogen and oxygen atoms in total. The van der Waals surface area contributed by atoms with Crippen LogP contribution in [0, 0.1) is 0 Å². The summed E-state index contributed by atoms with van der Waals surface area (Å²) in [5.41, 5.74) is 8.59. The van der Waals surface area contributed by atoms with Gasteiger partial charge in [-0.3, -0.25) is 0 Å². The molecule has 30 heavy (non-hydrogen) atoms. The van der Waals surface area contributed by atoms with E-state index in [0.29, 0.717) is 0 Å². The third-order valence-electron chi connectivity index (χ3n) is 6.43. The molecule has 2 aliphatic carbocycles. The first-order valence-corrected chi connectivity index (χ1v) is 11.4. The average Bonchev–Trinajstić information content (AvgIpc) is 2.80. The SMILES string of the molecule is CC.CC.CC1(C)c2cc3c4c(cccc4c2-c2cccc4cccc1c24)C=CC3. The predicted octanol–water partition coefficient (Wildman–Crippen LogP) is 8.92. The van der Waals surface area contributed by atoms with Crippen molar-refractivity contribution < 1.29 is 0 Å². The van der Waals surface area contributed by atoms with Gasteiger partial charge in [0.2, 0.25) is 0 Å². The lowest BCUT2D eigenvalue weighted by Gasteiger charge is -2.37. The van der Waals surface area contributed by atoms with Gasteiger partial charge in [0.1, 0.15) is 0 Å². The lowest BCUT2D eigenvalue weighted by molar-refractivity contribution is 0.645. The second-order valence-corrected chi connectivity index (χ2v) is 8.17. The highest BCUT2D eigenvalue weighted by atomic mass is 14.4. The highest BCUT2D eigenvalue weighted by Crippen LogP contribution is 2.52. The minimum absolute atomic E-state index is 0.00501. The summed E-state index contributed by atoms with van der Waals surface area (Å²) in [7, 11) is 0. The zero-order valence-corrected chi connectivity index (χ0v) is 19.1. The van der Waals surface area contributed by atoms with Gasteiger partial charge in [-0.2, -0.15) is 0 Å². The van der Waals surface area contributed by atoms with Gasteiger partial charge in [0, 0.05) is 5.41 Å². The number of fused-ring (bicyclic) bond motifs is 3. The van der Waals surface area contributed by atoms with Crippen molar-refractivity contribution in [1.29, 1.82) is 0 Å². The van der Waals surface area contributed by atoms with Crippen LogP contribution in [0.1, 0.15) is 63.8 Å². The Bertz CT molecular complexity index is 1260. The molecule has 0 saturated heterocycles. The van der Waals surface area contributed by atoms with E-state index in [-0.39, 0.29) is 5.41 Å². The molecule has 0 heterocycles. The summed E-state index contributed by atoms with van der Waals surface area (Å²) in [4.78, 5) is 0. The molecule has 0 atom stereocenters. The summed E-state index contributed by atoms with van der Waals surface area (Å²) in [5.74, 6) is 0. The molecule has 4 aromatic rings. The number of benzene rings is 4. The molecule has 0 radical (unpaired) electrons. The Morgan fingerprint density at radius 1 is 0.733 bits per heavy atom. The van der Waals surface area contributed by atoms with E-state index in [1.54, 1.807) is 0 Å². The predicted molar refractivity (Wildman–Crippen MR) is 134 cm³/mol. The van der Waals surface area contributed by atoms with E-state index in [0.717, 1.165) is 6.42 Å². The first-order chi connectivity index (χ1) is 14.7. The Labute approximate surface area is 181 Å². The molecule has 4 aromatic carbocycles. The molecule has 0 spiro atoms. The number of allylic oxidation sites excluding steroid dienone is 1. The van der Waals surface area contributed by atoms with Crippen LogP contribution in [0.2, 0.25) is 0 Å². The maximum absolute atomic E-state index is 2.49. The van der Waals surface area contributed by atoms with Crippen LogP contribution in [-0.2, 0) is 11.8 Å². The first-order valence-electron chi connectivity index (χ1n) is 11.4. The van der Waals surface area contributed by atoms with Gasteiger partial charge in [0.25, 0.3) is 0 Å². The van der Waals surface area contributed by atoms with Gasteiger partial charge < -0.3 is 0 Å². The minimum atomic E-state index is 0.00501. The fourth-order valence-corrected chi connectivity index (χ4v) is 5.21. The van der Waals surface area contributed by atoms with E-state index in [2.05, 4.69) is 86.7 Å². The Balaban J connectivity index is 0.000000516. The van der Waals surface area contributed by atoms with Gasteiger partial charge in [-0.15, -0.1) is 0 Å². The van der Waals surface area contributed by atoms with Gasteiger partial charge in [0.05, 0.1) is 0 Å². The molecule has 0 unspecified atom stereocenters. The Morgan fingerprint density at radius 3 is 2.20 bits per heavy atom. The largest absolute Gasteiger partial charge is 0.0795 e. The number of hydrogen-bond acceptors (Lipinski definition) is 0. The molecule has 0 heteroatoms. The van der Waals surface area contributed by atoms with Crippen molar-refractivity contribution in [3.8, 4) is 11.1 Å². The minimum Gasteiger partial charge on any atom is -0.0795 e. The van der Waals surface area contributed by atoms with Crippen molar-refractivity contribution in [1.82, 2.24) is 0 Å².